The lowest BCUT2D eigenvalue weighted by atomic mass is 10.2. The number of aliphatic hydroxyl groups is 1. The monoisotopic (exact) mass is 217 g/mol. The van der Waals surface area contributed by atoms with E-state index in [2.05, 4.69) is 0 Å². The summed E-state index contributed by atoms with van der Waals surface area (Å²) in [5.74, 6) is 0. The van der Waals surface area contributed by atoms with Gasteiger partial charge >= 0.3 is 0 Å². The Bertz CT molecular complexity index is 324. The number of thiophene rings is 1. The summed E-state index contributed by atoms with van der Waals surface area (Å²) in [6.07, 6.45) is 3.40. The molecule has 1 aromatic heterocycles. The molecule has 3 N–H and O–H groups in total. The summed E-state index contributed by atoms with van der Waals surface area (Å²) < 4.78 is 0. The van der Waals surface area contributed by atoms with Gasteiger partial charge in [-0.2, -0.15) is 0 Å². The number of hydrogen-bond donors (Lipinski definition) is 2. The van der Waals surface area contributed by atoms with Crippen LogP contribution in [0.25, 0.3) is 0 Å². The van der Waals surface area contributed by atoms with Crippen molar-refractivity contribution in [3.8, 4) is 0 Å². The van der Waals surface area contributed by atoms with Crippen LogP contribution in [0.1, 0.15) is 27.8 Å². The molecule has 4 heteroatoms. The van der Waals surface area contributed by atoms with Crippen LogP contribution in [0.2, 0.25) is 5.02 Å². The van der Waals surface area contributed by atoms with Gasteiger partial charge in [0.15, 0.2) is 0 Å². The molecule has 1 aliphatic rings. The second-order valence-corrected chi connectivity index (χ2v) is 4.84. The number of aryl methyl sites for hydroxylation is 1. The number of rotatable bonds is 2. The molecule has 0 radical (unpaired) electrons. The third kappa shape index (κ3) is 1.50. The maximum Gasteiger partial charge on any atom is 0.0640 e. The lowest BCUT2D eigenvalue weighted by Crippen LogP contribution is -2.13. The van der Waals surface area contributed by atoms with Gasteiger partial charge in [-0.15, -0.1) is 11.3 Å². The fraction of sp³-hybridized carbons (Fsp3) is 0.556. The van der Waals surface area contributed by atoms with Crippen LogP contribution < -0.4 is 5.73 Å². The van der Waals surface area contributed by atoms with Crippen LogP contribution >= 0.6 is 22.9 Å². The largest absolute Gasteiger partial charge is 0.394 e. The molecule has 13 heavy (non-hydrogen) atoms. The van der Waals surface area contributed by atoms with E-state index >= 15 is 0 Å². The van der Waals surface area contributed by atoms with Gasteiger partial charge in [0, 0.05) is 9.75 Å². The minimum absolute atomic E-state index is 0.0287. The fourth-order valence-electron chi connectivity index (χ4n) is 1.71. The second-order valence-electron chi connectivity index (χ2n) is 3.32. The molecule has 1 aliphatic carbocycles. The maximum absolute atomic E-state index is 8.93. The van der Waals surface area contributed by atoms with Gasteiger partial charge in [-0.25, -0.2) is 0 Å². The van der Waals surface area contributed by atoms with Crippen molar-refractivity contribution >= 4 is 22.9 Å². The highest BCUT2D eigenvalue weighted by atomic mass is 35.5. The Morgan fingerprint density at radius 1 is 1.54 bits per heavy atom. The van der Waals surface area contributed by atoms with E-state index in [4.69, 9.17) is 22.4 Å². The predicted molar refractivity (Wildman–Crippen MR) is 55.4 cm³/mol. The van der Waals surface area contributed by atoms with Crippen molar-refractivity contribution in [3.05, 3.63) is 20.3 Å². The zero-order chi connectivity index (χ0) is 9.42. The van der Waals surface area contributed by atoms with E-state index in [-0.39, 0.29) is 12.6 Å². The average molecular weight is 218 g/mol. The van der Waals surface area contributed by atoms with Gasteiger partial charge in [-0.05, 0) is 24.8 Å². The molecular weight excluding hydrogens is 206 g/mol. The van der Waals surface area contributed by atoms with Crippen molar-refractivity contribution in [2.45, 2.75) is 25.3 Å². The molecule has 72 valence electrons. The van der Waals surface area contributed by atoms with Gasteiger partial charge in [0.05, 0.1) is 17.7 Å². The summed E-state index contributed by atoms with van der Waals surface area (Å²) in [4.78, 5) is 2.32. The first kappa shape index (κ1) is 9.46. The van der Waals surface area contributed by atoms with Crippen LogP contribution in [-0.4, -0.2) is 11.7 Å². The van der Waals surface area contributed by atoms with Crippen LogP contribution in [0.5, 0.6) is 0 Å². The number of aliphatic hydroxyl groups excluding tert-OH is 1. The van der Waals surface area contributed by atoms with Gasteiger partial charge in [0.1, 0.15) is 0 Å². The highest BCUT2D eigenvalue weighted by molar-refractivity contribution is 7.13. The Labute approximate surface area is 86.3 Å². The number of fused-ring (bicyclic) bond motifs is 1. The lowest BCUT2D eigenvalue weighted by Gasteiger charge is -2.05. The van der Waals surface area contributed by atoms with Gasteiger partial charge in [0.25, 0.3) is 0 Å². The van der Waals surface area contributed by atoms with Crippen LogP contribution in [0.4, 0.5) is 0 Å². The van der Waals surface area contributed by atoms with Gasteiger partial charge < -0.3 is 10.8 Å². The molecule has 0 bridgehead atoms. The Balaban J connectivity index is 2.38. The van der Waals surface area contributed by atoms with Crippen molar-refractivity contribution in [2.24, 2.45) is 5.73 Å². The summed E-state index contributed by atoms with van der Waals surface area (Å²) in [7, 11) is 0. The first-order valence-electron chi connectivity index (χ1n) is 4.40. The van der Waals surface area contributed by atoms with Crippen LogP contribution in [0.3, 0.4) is 0 Å². The molecule has 0 saturated carbocycles. The number of nitrogens with two attached hydrogens (primary N) is 1. The molecule has 0 fully saturated rings. The fourth-order valence-corrected chi connectivity index (χ4v) is 3.51. The van der Waals surface area contributed by atoms with E-state index in [1.54, 1.807) is 11.3 Å². The smallest absolute Gasteiger partial charge is 0.0640 e. The molecule has 0 aromatic carbocycles. The zero-order valence-electron chi connectivity index (χ0n) is 7.22. The van der Waals surface area contributed by atoms with Gasteiger partial charge in [0.2, 0.25) is 0 Å². The quantitative estimate of drug-likeness (QED) is 0.795. The molecular formula is C9H12ClNOS. The van der Waals surface area contributed by atoms with E-state index < -0.39 is 0 Å². The Hall–Kier alpha value is -0.0900. The topological polar surface area (TPSA) is 46.2 Å². The molecule has 0 amide bonds. The van der Waals surface area contributed by atoms with E-state index in [9.17, 15) is 0 Å². The predicted octanol–water partition coefficient (Wildman–Crippen LogP) is 1.88. The van der Waals surface area contributed by atoms with Crippen molar-refractivity contribution < 1.29 is 5.11 Å². The summed E-state index contributed by atoms with van der Waals surface area (Å²) in [6.45, 7) is -0.0287. The molecule has 0 saturated heterocycles. The Morgan fingerprint density at radius 3 is 2.92 bits per heavy atom. The summed E-state index contributed by atoms with van der Waals surface area (Å²) in [6, 6.07) is -0.303. The molecule has 0 spiro atoms. The normalized spacial score (nSPS) is 17.5. The number of hydrogen-bond acceptors (Lipinski definition) is 3. The summed E-state index contributed by atoms with van der Waals surface area (Å²) in [5, 5.41) is 9.73. The van der Waals surface area contributed by atoms with E-state index in [1.807, 2.05) is 0 Å². The second kappa shape index (κ2) is 3.58. The minimum Gasteiger partial charge on any atom is -0.394 e. The molecule has 2 nitrogen and oxygen atoms in total. The molecule has 1 aromatic rings. The van der Waals surface area contributed by atoms with Crippen molar-refractivity contribution in [1.29, 1.82) is 0 Å². The zero-order valence-corrected chi connectivity index (χ0v) is 8.79. The molecule has 0 aliphatic heterocycles. The number of halogens is 1. The highest BCUT2D eigenvalue weighted by Gasteiger charge is 2.23. The SMILES string of the molecule is NC(CO)c1sc2c(c1Cl)CCC2. The summed E-state index contributed by atoms with van der Waals surface area (Å²) >= 11 is 7.83. The highest BCUT2D eigenvalue weighted by Crippen LogP contribution is 2.40. The van der Waals surface area contributed by atoms with E-state index in [0.717, 1.165) is 22.7 Å². The third-order valence-electron chi connectivity index (χ3n) is 2.42. The summed E-state index contributed by atoms with van der Waals surface area (Å²) in [5.41, 5.74) is 7.00. The lowest BCUT2D eigenvalue weighted by molar-refractivity contribution is 0.269. The van der Waals surface area contributed by atoms with E-state index in [0.29, 0.717) is 0 Å². The molecule has 1 heterocycles. The third-order valence-corrected chi connectivity index (χ3v) is 4.38. The van der Waals surface area contributed by atoms with Crippen LogP contribution in [-0.2, 0) is 12.8 Å². The van der Waals surface area contributed by atoms with Crippen molar-refractivity contribution in [2.75, 3.05) is 6.61 Å². The maximum atomic E-state index is 8.93. The van der Waals surface area contributed by atoms with Gasteiger partial charge in [-0.3, -0.25) is 0 Å². The van der Waals surface area contributed by atoms with Crippen molar-refractivity contribution in [3.63, 3.8) is 0 Å². The van der Waals surface area contributed by atoms with E-state index in [1.165, 1.54) is 16.9 Å². The minimum atomic E-state index is -0.303. The average Bonchev–Trinajstić information content (AvgIpc) is 2.68. The van der Waals surface area contributed by atoms with Gasteiger partial charge in [-0.1, -0.05) is 11.6 Å². The first-order chi connectivity index (χ1) is 6.24. The molecule has 1 atom stereocenters. The standard InChI is InChI=1S/C9H12ClNOS/c10-8-5-2-1-3-7(5)13-9(8)6(11)4-12/h6,12H,1-4,11H2. The molecule has 1 unspecified atom stereocenters. The van der Waals surface area contributed by atoms with Crippen LogP contribution in [0, 0.1) is 0 Å². The van der Waals surface area contributed by atoms with Crippen LogP contribution in [0.15, 0.2) is 0 Å². The Kier molecular flexibility index (Phi) is 2.60. The van der Waals surface area contributed by atoms with Crippen molar-refractivity contribution in [1.82, 2.24) is 0 Å². The first-order valence-corrected chi connectivity index (χ1v) is 5.60. The molecule has 2 rings (SSSR count). The Morgan fingerprint density at radius 2 is 2.31 bits per heavy atom.